The molecule has 2 aromatic heterocycles. The van der Waals surface area contributed by atoms with Gasteiger partial charge >= 0.3 is 0 Å². The second-order valence-electron chi connectivity index (χ2n) is 4.50. The average molecular weight is 264 g/mol. The maximum absolute atomic E-state index is 8.74. The molecule has 0 bridgehead atoms. The monoisotopic (exact) mass is 264 g/mol. The Balaban J connectivity index is 1.64. The quantitative estimate of drug-likeness (QED) is 0.796. The fraction of sp³-hybridized carbons (Fsp3) is 0.636. The van der Waals surface area contributed by atoms with Crippen LogP contribution in [-0.4, -0.2) is 62.8 Å². The molecule has 1 aliphatic heterocycles. The highest BCUT2D eigenvalue weighted by Gasteiger charge is 2.20. The number of fused-ring (bicyclic) bond motifs is 1. The Labute approximate surface area is 110 Å². The smallest absolute Gasteiger partial charge is 0.200 e. The van der Waals surface area contributed by atoms with Crippen molar-refractivity contribution in [3.8, 4) is 0 Å². The zero-order valence-corrected chi connectivity index (χ0v) is 10.5. The summed E-state index contributed by atoms with van der Waals surface area (Å²) in [6, 6.07) is 3.79. The van der Waals surface area contributed by atoms with Crippen molar-refractivity contribution in [2.45, 2.75) is 18.9 Å². The molecule has 0 aliphatic carbocycles. The molecule has 0 spiro atoms. The van der Waals surface area contributed by atoms with Gasteiger partial charge < -0.3 is 14.7 Å². The second-order valence-corrected chi connectivity index (χ2v) is 4.50. The zero-order chi connectivity index (χ0) is 13.1. The number of rotatable bonds is 4. The molecule has 0 radical (unpaired) electrons. The summed E-state index contributed by atoms with van der Waals surface area (Å²) < 4.78 is 6.97. The number of nitrogens with zero attached hydrogens (tertiary/aromatic N) is 6. The molecule has 1 aliphatic rings. The van der Waals surface area contributed by atoms with Gasteiger partial charge in [0.15, 0.2) is 11.5 Å². The minimum atomic E-state index is 0.0811. The van der Waals surface area contributed by atoms with Crippen LogP contribution in [0.15, 0.2) is 12.1 Å². The molecule has 2 aromatic rings. The number of aliphatic hydroxyl groups is 1. The van der Waals surface area contributed by atoms with Crippen LogP contribution in [0.5, 0.6) is 0 Å². The van der Waals surface area contributed by atoms with Gasteiger partial charge in [0.1, 0.15) is 0 Å². The first-order valence-corrected chi connectivity index (χ1v) is 6.39. The van der Waals surface area contributed by atoms with Crippen LogP contribution in [-0.2, 0) is 4.74 Å². The molecule has 19 heavy (non-hydrogen) atoms. The molecule has 8 heteroatoms. The molecule has 0 aromatic carbocycles. The van der Waals surface area contributed by atoms with Gasteiger partial charge in [-0.3, -0.25) is 0 Å². The number of aromatic nitrogens is 5. The minimum absolute atomic E-state index is 0.0811. The van der Waals surface area contributed by atoms with Crippen LogP contribution in [0.2, 0.25) is 0 Å². The van der Waals surface area contributed by atoms with Gasteiger partial charge in [-0.15, -0.1) is 14.8 Å². The van der Waals surface area contributed by atoms with Crippen LogP contribution in [0.3, 0.4) is 0 Å². The topological polar surface area (TPSA) is 88.7 Å². The van der Waals surface area contributed by atoms with Crippen molar-refractivity contribution >= 4 is 11.5 Å². The highest BCUT2D eigenvalue weighted by atomic mass is 16.5. The van der Waals surface area contributed by atoms with Crippen molar-refractivity contribution < 1.29 is 9.84 Å². The highest BCUT2D eigenvalue weighted by molar-refractivity contribution is 5.44. The van der Waals surface area contributed by atoms with Crippen LogP contribution in [0.4, 0.5) is 5.82 Å². The van der Waals surface area contributed by atoms with Crippen LogP contribution in [0.25, 0.3) is 5.65 Å². The summed E-state index contributed by atoms with van der Waals surface area (Å²) in [5, 5.41) is 24.3. The maximum Gasteiger partial charge on any atom is 0.200 e. The third-order valence-electron chi connectivity index (χ3n) is 3.27. The molecule has 3 heterocycles. The van der Waals surface area contributed by atoms with E-state index in [1.807, 2.05) is 12.1 Å². The fourth-order valence-electron chi connectivity index (χ4n) is 2.28. The number of aliphatic hydroxyl groups excluding tert-OH is 1. The summed E-state index contributed by atoms with van der Waals surface area (Å²) in [6.07, 6.45) is 2.12. The van der Waals surface area contributed by atoms with E-state index in [1.165, 1.54) is 4.63 Å². The molecule has 1 N–H and O–H groups in total. The summed E-state index contributed by atoms with van der Waals surface area (Å²) in [5.41, 5.74) is 0.643. The summed E-state index contributed by atoms with van der Waals surface area (Å²) in [6.45, 7) is 2.27. The molecule has 1 fully saturated rings. The Hall–Kier alpha value is -1.80. The molecule has 0 unspecified atom stereocenters. The number of hydrogen-bond acceptors (Lipinski definition) is 7. The van der Waals surface area contributed by atoms with Gasteiger partial charge in [0, 0.05) is 13.1 Å². The van der Waals surface area contributed by atoms with Gasteiger partial charge in [0.05, 0.1) is 19.3 Å². The normalized spacial score (nSPS) is 17.2. The largest absolute Gasteiger partial charge is 0.394 e. The van der Waals surface area contributed by atoms with Crippen LogP contribution in [0, 0.1) is 0 Å². The summed E-state index contributed by atoms with van der Waals surface area (Å²) >= 11 is 0. The molecule has 0 saturated carbocycles. The standard InChI is InChI=1S/C11H16N6O2/c18-7-8-19-9-3-5-16(6-4-9)11-2-1-10-12-14-15-17(10)13-11/h1-2,9,18H,3-8H2. The van der Waals surface area contributed by atoms with Crippen molar-refractivity contribution in [1.82, 2.24) is 25.3 Å². The lowest BCUT2D eigenvalue weighted by atomic mass is 10.1. The number of ether oxygens (including phenoxy) is 1. The Morgan fingerprint density at radius 2 is 2.16 bits per heavy atom. The van der Waals surface area contributed by atoms with E-state index < -0.39 is 0 Å². The predicted octanol–water partition coefficient (Wildman–Crippen LogP) is -0.503. The lowest BCUT2D eigenvalue weighted by molar-refractivity contribution is 0.0158. The van der Waals surface area contributed by atoms with Gasteiger partial charge in [-0.2, -0.15) is 0 Å². The molecule has 0 atom stereocenters. The first-order chi connectivity index (χ1) is 9.36. The first-order valence-electron chi connectivity index (χ1n) is 6.39. The Bertz CT molecular complexity index is 537. The number of piperidine rings is 1. The number of tetrazole rings is 1. The number of hydrogen-bond donors (Lipinski definition) is 1. The minimum Gasteiger partial charge on any atom is -0.394 e. The molecule has 0 amide bonds. The van der Waals surface area contributed by atoms with Crippen LogP contribution < -0.4 is 4.90 Å². The van der Waals surface area contributed by atoms with Crippen LogP contribution in [0.1, 0.15) is 12.8 Å². The van der Waals surface area contributed by atoms with E-state index in [-0.39, 0.29) is 12.7 Å². The summed E-state index contributed by atoms with van der Waals surface area (Å²) in [5.74, 6) is 0.875. The van der Waals surface area contributed by atoms with E-state index in [4.69, 9.17) is 9.84 Å². The maximum atomic E-state index is 8.74. The van der Waals surface area contributed by atoms with Gasteiger partial charge in [-0.25, -0.2) is 0 Å². The third kappa shape index (κ3) is 2.64. The number of anilines is 1. The molecule has 3 rings (SSSR count). The van der Waals surface area contributed by atoms with E-state index >= 15 is 0 Å². The third-order valence-corrected chi connectivity index (χ3v) is 3.27. The lowest BCUT2D eigenvalue weighted by Crippen LogP contribution is -2.38. The first kappa shape index (κ1) is 12.2. The van der Waals surface area contributed by atoms with Gasteiger partial charge in [0.2, 0.25) is 0 Å². The summed E-state index contributed by atoms with van der Waals surface area (Å²) in [7, 11) is 0. The van der Waals surface area contributed by atoms with Crippen molar-refractivity contribution in [3.63, 3.8) is 0 Å². The van der Waals surface area contributed by atoms with E-state index in [0.717, 1.165) is 31.7 Å². The van der Waals surface area contributed by atoms with E-state index in [1.54, 1.807) is 0 Å². The molecular formula is C11H16N6O2. The van der Waals surface area contributed by atoms with Crippen LogP contribution >= 0.6 is 0 Å². The van der Waals surface area contributed by atoms with Crippen molar-refractivity contribution in [2.24, 2.45) is 0 Å². The Kier molecular flexibility index (Phi) is 3.51. The van der Waals surface area contributed by atoms with E-state index in [9.17, 15) is 0 Å². The van der Waals surface area contributed by atoms with Crippen molar-refractivity contribution in [1.29, 1.82) is 0 Å². The molecule has 8 nitrogen and oxygen atoms in total. The molecule has 102 valence electrons. The predicted molar refractivity (Wildman–Crippen MR) is 66.8 cm³/mol. The van der Waals surface area contributed by atoms with Crippen molar-refractivity contribution in [2.75, 3.05) is 31.2 Å². The molecular weight excluding hydrogens is 248 g/mol. The van der Waals surface area contributed by atoms with E-state index in [0.29, 0.717) is 12.3 Å². The summed E-state index contributed by atoms with van der Waals surface area (Å²) in [4.78, 5) is 2.19. The lowest BCUT2D eigenvalue weighted by Gasteiger charge is -2.32. The fourth-order valence-corrected chi connectivity index (χ4v) is 2.28. The van der Waals surface area contributed by atoms with E-state index in [2.05, 4.69) is 25.5 Å². The zero-order valence-electron chi connectivity index (χ0n) is 10.5. The van der Waals surface area contributed by atoms with Gasteiger partial charge in [0.25, 0.3) is 0 Å². The second kappa shape index (κ2) is 5.45. The SMILES string of the molecule is OCCOC1CCN(c2ccc3nnnn3n2)CC1. The molecule has 1 saturated heterocycles. The Morgan fingerprint density at radius 1 is 1.32 bits per heavy atom. The highest BCUT2D eigenvalue weighted by Crippen LogP contribution is 2.19. The van der Waals surface area contributed by atoms with Gasteiger partial charge in [-0.1, -0.05) is 0 Å². The average Bonchev–Trinajstić information content (AvgIpc) is 2.93. The van der Waals surface area contributed by atoms with Crippen molar-refractivity contribution in [3.05, 3.63) is 12.1 Å². The Morgan fingerprint density at radius 3 is 2.95 bits per heavy atom. The van der Waals surface area contributed by atoms with Gasteiger partial charge in [-0.05, 0) is 35.4 Å².